The molecule has 1 saturated heterocycles. The molecule has 24 heavy (non-hydrogen) atoms. The predicted octanol–water partition coefficient (Wildman–Crippen LogP) is 2.92. The van der Waals surface area contributed by atoms with Crippen LogP contribution in [0.3, 0.4) is 0 Å². The number of carbonyl (C=O) groups excluding carboxylic acids is 2. The number of nitrogens with zero attached hydrogens (tertiary/aromatic N) is 2. The number of benzene rings is 1. The molecule has 8 heteroatoms. The van der Waals surface area contributed by atoms with Crippen molar-refractivity contribution in [3.8, 4) is 11.3 Å². The SMILES string of the molecule is Cc1sc(CNC(=O)CN2CSCC2=O)nc1-c1ccc(Cl)cc1. The van der Waals surface area contributed by atoms with E-state index in [0.29, 0.717) is 23.2 Å². The third-order valence-corrected chi connectivity index (χ3v) is 5.72. The number of hydrogen-bond acceptors (Lipinski definition) is 5. The molecule has 0 saturated carbocycles. The lowest BCUT2D eigenvalue weighted by molar-refractivity contribution is -0.132. The molecule has 0 aliphatic carbocycles. The number of rotatable bonds is 5. The fraction of sp³-hybridized carbons (Fsp3) is 0.312. The largest absolute Gasteiger partial charge is 0.348 e. The van der Waals surface area contributed by atoms with E-state index in [2.05, 4.69) is 10.3 Å². The van der Waals surface area contributed by atoms with E-state index < -0.39 is 0 Å². The Morgan fingerprint density at radius 1 is 1.38 bits per heavy atom. The summed E-state index contributed by atoms with van der Waals surface area (Å²) in [6.07, 6.45) is 0. The molecular weight excluding hydrogens is 366 g/mol. The molecule has 3 rings (SSSR count). The van der Waals surface area contributed by atoms with Crippen LogP contribution >= 0.6 is 34.7 Å². The number of thiazole rings is 1. The first-order valence-electron chi connectivity index (χ1n) is 7.37. The van der Waals surface area contributed by atoms with Gasteiger partial charge in [-0.1, -0.05) is 23.7 Å². The minimum absolute atomic E-state index is 0.0188. The number of aryl methyl sites for hydroxylation is 1. The molecule has 1 aliphatic rings. The van der Waals surface area contributed by atoms with Gasteiger partial charge in [0, 0.05) is 15.5 Å². The first kappa shape index (κ1) is 17.3. The van der Waals surface area contributed by atoms with Crippen molar-refractivity contribution in [3.05, 3.63) is 39.2 Å². The lowest BCUT2D eigenvalue weighted by Gasteiger charge is -2.13. The van der Waals surface area contributed by atoms with Gasteiger partial charge in [0.15, 0.2) is 0 Å². The molecule has 2 aromatic rings. The Morgan fingerprint density at radius 3 is 2.79 bits per heavy atom. The Labute approximate surface area is 153 Å². The summed E-state index contributed by atoms with van der Waals surface area (Å²) >= 11 is 9.00. The number of carbonyl (C=O) groups is 2. The molecule has 2 heterocycles. The minimum Gasteiger partial charge on any atom is -0.348 e. The zero-order valence-electron chi connectivity index (χ0n) is 13.0. The molecular formula is C16H16ClN3O2S2. The van der Waals surface area contributed by atoms with E-state index in [-0.39, 0.29) is 18.4 Å². The van der Waals surface area contributed by atoms with Gasteiger partial charge in [0.25, 0.3) is 0 Å². The van der Waals surface area contributed by atoms with Crippen LogP contribution in [-0.2, 0) is 16.1 Å². The van der Waals surface area contributed by atoms with Gasteiger partial charge in [0.2, 0.25) is 11.8 Å². The molecule has 0 radical (unpaired) electrons. The third-order valence-electron chi connectivity index (χ3n) is 3.56. The summed E-state index contributed by atoms with van der Waals surface area (Å²) in [6.45, 7) is 2.49. The van der Waals surface area contributed by atoms with E-state index >= 15 is 0 Å². The molecule has 1 N–H and O–H groups in total. The fourth-order valence-electron chi connectivity index (χ4n) is 2.35. The highest BCUT2D eigenvalue weighted by Gasteiger charge is 2.22. The highest BCUT2D eigenvalue weighted by atomic mass is 35.5. The van der Waals surface area contributed by atoms with Crippen LogP contribution < -0.4 is 5.32 Å². The molecule has 1 aromatic carbocycles. The van der Waals surface area contributed by atoms with Crippen molar-refractivity contribution in [2.75, 3.05) is 18.2 Å². The zero-order chi connectivity index (χ0) is 17.1. The number of aromatic nitrogens is 1. The van der Waals surface area contributed by atoms with Crippen molar-refractivity contribution in [3.63, 3.8) is 0 Å². The summed E-state index contributed by atoms with van der Waals surface area (Å²) in [5.41, 5.74) is 1.91. The second-order valence-electron chi connectivity index (χ2n) is 5.37. The molecule has 0 unspecified atom stereocenters. The quantitative estimate of drug-likeness (QED) is 0.865. The normalized spacial score (nSPS) is 14.2. The van der Waals surface area contributed by atoms with E-state index in [1.54, 1.807) is 16.2 Å². The highest BCUT2D eigenvalue weighted by molar-refractivity contribution is 8.00. The Bertz CT molecular complexity index is 761. The molecule has 126 valence electrons. The summed E-state index contributed by atoms with van der Waals surface area (Å²) < 4.78 is 0. The minimum atomic E-state index is -0.160. The summed E-state index contributed by atoms with van der Waals surface area (Å²) in [4.78, 5) is 30.7. The Morgan fingerprint density at radius 2 is 2.12 bits per heavy atom. The van der Waals surface area contributed by atoms with Gasteiger partial charge in [0.05, 0.1) is 23.9 Å². The second-order valence-corrected chi connectivity index (χ2v) is 8.04. The van der Waals surface area contributed by atoms with Crippen LogP contribution in [-0.4, -0.2) is 39.9 Å². The molecule has 1 fully saturated rings. The number of thioether (sulfide) groups is 1. The summed E-state index contributed by atoms with van der Waals surface area (Å²) in [7, 11) is 0. The second kappa shape index (κ2) is 7.55. The number of amides is 2. The molecule has 1 aromatic heterocycles. The van der Waals surface area contributed by atoms with Crippen molar-refractivity contribution in [2.24, 2.45) is 0 Å². The molecule has 2 amide bonds. The summed E-state index contributed by atoms with van der Waals surface area (Å²) in [5.74, 6) is 0.907. The van der Waals surface area contributed by atoms with Crippen LogP contribution in [0.2, 0.25) is 5.02 Å². The Balaban J connectivity index is 1.60. The van der Waals surface area contributed by atoms with Gasteiger partial charge >= 0.3 is 0 Å². The van der Waals surface area contributed by atoms with Crippen LogP contribution in [0.4, 0.5) is 0 Å². The standard InChI is InChI=1S/C16H16ClN3O2S2/c1-10-16(11-2-4-12(17)5-3-11)19-14(24-10)6-18-13(21)7-20-9-23-8-15(20)22/h2-5H,6-9H2,1H3,(H,18,21). The van der Waals surface area contributed by atoms with Gasteiger partial charge in [0.1, 0.15) is 11.6 Å². The maximum absolute atomic E-state index is 12.0. The smallest absolute Gasteiger partial charge is 0.240 e. The van der Waals surface area contributed by atoms with Gasteiger partial charge in [-0.05, 0) is 19.1 Å². The van der Waals surface area contributed by atoms with E-state index in [1.165, 1.54) is 11.8 Å². The van der Waals surface area contributed by atoms with Gasteiger partial charge in [-0.25, -0.2) is 4.98 Å². The summed E-state index contributed by atoms with van der Waals surface area (Å²) in [5, 5.41) is 4.36. The fourth-order valence-corrected chi connectivity index (χ4v) is 4.27. The van der Waals surface area contributed by atoms with Crippen LogP contribution in [0.1, 0.15) is 9.88 Å². The van der Waals surface area contributed by atoms with E-state index in [4.69, 9.17) is 11.6 Å². The maximum Gasteiger partial charge on any atom is 0.240 e. The number of hydrogen-bond donors (Lipinski definition) is 1. The van der Waals surface area contributed by atoms with Crippen molar-refractivity contribution in [2.45, 2.75) is 13.5 Å². The molecule has 0 bridgehead atoms. The number of halogens is 1. The first-order chi connectivity index (χ1) is 11.5. The van der Waals surface area contributed by atoms with E-state index in [0.717, 1.165) is 21.1 Å². The van der Waals surface area contributed by atoms with E-state index in [9.17, 15) is 9.59 Å². The zero-order valence-corrected chi connectivity index (χ0v) is 15.4. The first-order valence-corrected chi connectivity index (χ1v) is 9.72. The highest BCUT2D eigenvalue weighted by Crippen LogP contribution is 2.28. The van der Waals surface area contributed by atoms with Crippen molar-refractivity contribution < 1.29 is 9.59 Å². The monoisotopic (exact) mass is 381 g/mol. The molecule has 5 nitrogen and oxygen atoms in total. The maximum atomic E-state index is 12.0. The average molecular weight is 382 g/mol. The summed E-state index contributed by atoms with van der Waals surface area (Å²) in [6, 6.07) is 7.54. The van der Waals surface area contributed by atoms with E-state index in [1.807, 2.05) is 31.2 Å². The third kappa shape index (κ3) is 4.09. The van der Waals surface area contributed by atoms with Crippen molar-refractivity contribution >= 4 is 46.5 Å². The Hall–Kier alpha value is -1.57. The van der Waals surface area contributed by atoms with Gasteiger partial charge in [-0.2, -0.15) is 0 Å². The predicted molar refractivity (Wildman–Crippen MR) is 98.2 cm³/mol. The van der Waals surface area contributed by atoms with Crippen LogP contribution in [0.5, 0.6) is 0 Å². The van der Waals surface area contributed by atoms with Crippen LogP contribution in [0.25, 0.3) is 11.3 Å². The lowest BCUT2D eigenvalue weighted by atomic mass is 10.1. The van der Waals surface area contributed by atoms with Gasteiger partial charge < -0.3 is 10.2 Å². The van der Waals surface area contributed by atoms with Crippen molar-refractivity contribution in [1.29, 1.82) is 0 Å². The Kier molecular flexibility index (Phi) is 5.43. The van der Waals surface area contributed by atoms with Crippen LogP contribution in [0, 0.1) is 6.92 Å². The molecule has 1 aliphatic heterocycles. The van der Waals surface area contributed by atoms with Crippen LogP contribution in [0.15, 0.2) is 24.3 Å². The van der Waals surface area contributed by atoms with Gasteiger partial charge in [-0.3, -0.25) is 9.59 Å². The average Bonchev–Trinajstić information content (AvgIpc) is 3.12. The lowest BCUT2D eigenvalue weighted by Crippen LogP contribution is -2.37. The topological polar surface area (TPSA) is 62.3 Å². The number of nitrogens with one attached hydrogen (secondary N) is 1. The van der Waals surface area contributed by atoms with Crippen molar-refractivity contribution in [1.82, 2.24) is 15.2 Å². The van der Waals surface area contributed by atoms with Gasteiger partial charge in [-0.15, -0.1) is 23.1 Å². The molecule has 0 atom stereocenters. The molecule has 0 spiro atoms.